The van der Waals surface area contributed by atoms with Crippen LogP contribution in [0.25, 0.3) is 10.9 Å². The quantitative estimate of drug-likeness (QED) is 0.758. The van der Waals surface area contributed by atoms with Gasteiger partial charge < -0.3 is 4.98 Å². The summed E-state index contributed by atoms with van der Waals surface area (Å²) >= 11 is 2.22. The maximum atomic E-state index is 11.6. The summed E-state index contributed by atoms with van der Waals surface area (Å²) in [6.07, 6.45) is 0. The number of hydrogen-bond acceptors (Lipinski definition) is 2. The Hall–Kier alpha value is -0.910. The second-order valence-corrected chi connectivity index (χ2v) is 4.43. The van der Waals surface area contributed by atoms with Crippen molar-refractivity contribution >= 4 is 33.5 Å². The molecule has 0 fully saturated rings. The lowest BCUT2D eigenvalue weighted by Gasteiger charge is -2.02. The van der Waals surface area contributed by atoms with Crippen LogP contribution in [0.15, 0.2) is 16.9 Å². The highest BCUT2D eigenvalue weighted by atomic mass is 127. The summed E-state index contributed by atoms with van der Waals surface area (Å²) in [7, 11) is 0. The number of rotatable bonds is 0. The average Bonchev–Trinajstić information content (AvgIpc) is 2.08. The van der Waals surface area contributed by atoms with E-state index in [1.807, 2.05) is 19.1 Å². The molecule has 0 saturated carbocycles. The summed E-state index contributed by atoms with van der Waals surface area (Å²) in [4.78, 5) is 18.5. The molecule has 0 aliphatic rings. The van der Waals surface area contributed by atoms with E-state index in [4.69, 9.17) is 0 Å². The molecule has 1 heterocycles. The van der Waals surface area contributed by atoms with Crippen LogP contribution in [0.3, 0.4) is 0 Å². The van der Waals surface area contributed by atoms with Gasteiger partial charge in [0.05, 0.1) is 10.9 Å². The first-order valence-corrected chi connectivity index (χ1v) is 5.32. The van der Waals surface area contributed by atoms with E-state index in [1.165, 1.54) is 0 Å². The molecule has 4 heteroatoms. The number of hydrogen-bond donors (Lipinski definition) is 1. The van der Waals surface area contributed by atoms with Gasteiger partial charge >= 0.3 is 0 Å². The first-order chi connectivity index (χ1) is 6.58. The SMILES string of the molecule is Cc1nc2cc(C)c(I)cc2c(=O)[nH]1. The lowest BCUT2D eigenvalue weighted by molar-refractivity contribution is 1.06. The predicted octanol–water partition coefficient (Wildman–Crippen LogP) is 2.14. The number of nitrogens with zero attached hydrogens (tertiary/aromatic N) is 1. The summed E-state index contributed by atoms with van der Waals surface area (Å²) in [5.41, 5.74) is 1.85. The fourth-order valence-corrected chi connectivity index (χ4v) is 1.85. The van der Waals surface area contributed by atoms with Gasteiger partial charge in [-0.05, 0) is 54.1 Å². The molecular weight excluding hydrogens is 291 g/mol. The number of H-pyrrole nitrogens is 1. The summed E-state index contributed by atoms with van der Waals surface area (Å²) < 4.78 is 1.09. The van der Waals surface area contributed by atoms with Gasteiger partial charge in [-0.2, -0.15) is 0 Å². The monoisotopic (exact) mass is 300 g/mol. The highest BCUT2D eigenvalue weighted by Gasteiger charge is 2.04. The third-order valence-electron chi connectivity index (χ3n) is 2.10. The Bertz CT molecular complexity index is 560. The zero-order chi connectivity index (χ0) is 10.3. The molecule has 14 heavy (non-hydrogen) atoms. The van der Waals surface area contributed by atoms with Crippen molar-refractivity contribution in [2.45, 2.75) is 13.8 Å². The number of aromatic nitrogens is 2. The van der Waals surface area contributed by atoms with Gasteiger partial charge in [0.2, 0.25) is 0 Å². The van der Waals surface area contributed by atoms with Gasteiger partial charge in [-0.3, -0.25) is 4.79 Å². The molecule has 0 saturated heterocycles. The number of benzene rings is 1. The van der Waals surface area contributed by atoms with Crippen molar-refractivity contribution in [1.29, 1.82) is 0 Å². The van der Waals surface area contributed by atoms with E-state index in [0.717, 1.165) is 14.7 Å². The first-order valence-electron chi connectivity index (χ1n) is 4.25. The van der Waals surface area contributed by atoms with Crippen molar-refractivity contribution in [2.24, 2.45) is 0 Å². The van der Waals surface area contributed by atoms with Crippen LogP contribution >= 0.6 is 22.6 Å². The summed E-state index contributed by atoms with van der Waals surface area (Å²) in [6.45, 7) is 3.80. The molecule has 0 unspecified atom stereocenters. The average molecular weight is 300 g/mol. The van der Waals surface area contributed by atoms with Crippen molar-refractivity contribution in [3.8, 4) is 0 Å². The minimum atomic E-state index is -0.0644. The van der Waals surface area contributed by atoms with Crippen LogP contribution < -0.4 is 5.56 Å². The molecule has 0 aliphatic heterocycles. The number of aryl methyl sites for hydroxylation is 2. The van der Waals surface area contributed by atoms with E-state index in [1.54, 1.807) is 6.92 Å². The van der Waals surface area contributed by atoms with Crippen molar-refractivity contribution in [3.63, 3.8) is 0 Å². The molecule has 2 rings (SSSR count). The molecule has 0 aliphatic carbocycles. The fourth-order valence-electron chi connectivity index (χ4n) is 1.38. The smallest absolute Gasteiger partial charge is 0.258 e. The molecule has 0 radical (unpaired) electrons. The number of fused-ring (bicyclic) bond motifs is 1. The van der Waals surface area contributed by atoms with Crippen molar-refractivity contribution < 1.29 is 0 Å². The van der Waals surface area contributed by atoms with Crippen LogP contribution in [-0.2, 0) is 0 Å². The molecule has 72 valence electrons. The topological polar surface area (TPSA) is 45.8 Å². The Labute approximate surface area is 94.7 Å². The van der Waals surface area contributed by atoms with E-state index >= 15 is 0 Å². The van der Waals surface area contributed by atoms with Crippen LogP contribution in [-0.4, -0.2) is 9.97 Å². The Morgan fingerprint density at radius 2 is 2.07 bits per heavy atom. The van der Waals surface area contributed by atoms with Crippen molar-refractivity contribution in [3.05, 3.63) is 37.4 Å². The van der Waals surface area contributed by atoms with Gasteiger partial charge in [-0.1, -0.05) is 0 Å². The van der Waals surface area contributed by atoms with Gasteiger partial charge in [-0.25, -0.2) is 4.98 Å². The molecule has 1 N–H and O–H groups in total. The van der Waals surface area contributed by atoms with Gasteiger partial charge in [-0.15, -0.1) is 0 Å². The minimum absolute atomic E-state index is 0.0644. The van der Waals surface area contributed by atoms with Crippen LogP contribution in [0.4, 0.5) is 0 Å². The van der Waals surface area contributed by atoms with Crippen LogP contribution in [0.1, 0.15) is 11.4 Å². The first kappa shape index (κ1) is 9.64. The largest absolute Gasteiger partial charge is 0.310 e. The van der Waals surface area contributed by atoms with Gasteiger partial charge in [0.15, 0.2) is 0 Å². The van der Waals surface area contributed by atoms with E-state index in [9.17, 15) is 4.79 Å². The molecule has 0 atom stereocenters. The zero-order valence-electron chi connectivity index (χ0n) is 7.89. The molecule has 0 bridgehead atoms. The van der Waals surface area contributed by atoms with Crippen LogP contribution in [0.2, 0.25) is 0 Å². The number of halogens is 1. The maximum absolute atomic E-state index is 11.6. The van der Waals surface area contributed by atoms with Crippen LogP contribution in [0.5, 0.6) is 0 Å². The normalized spacial score (nSPS) is 10.8. The highest BCUT2D eigenvalue weighted by Crippen LogP contribution is 2.16. The van der Waals surface area contributed by atoms with Gasteiger partial charge in [0.1, 0.15) is 5.82 Å². The van der Waals surface area contributed by atoms with E-state index < -0.39 is 0 Å². The Kier molecular flexibility index (Phi) is 2.30. The molecular formula is C10H9IN2O. The lowest BCUT2D eigenvalue weighted by Crippen LogP contribution is -2.10. The van der Waals surface area contributed by atoms with Crippen molar-refractivity contribution in [1.82, 2.24) is 9.97 Å². The third kappa shape index (κ3) is 1.54. The Balaban J connectivity index is 2.96. The highest BCUT2D eigenvalue weighted by molar-refractivity contribution is 14.1. The van der Waals surface area contributed by atoms with Crippen LogP contribution in [0, 0.1) is 17.4 Å². The molecule has 1 aromatic heterocycles. The van der Waals surface area contributed by atoms with Gasteiger partial charge in [0, 0.05) is 3.57 Å². The lowest BCUT2D eigenvalue weighted by atomic mass is 10.2. The molecule has 0 spiro atoms. The maximum Gasteiger partial charge on any atom is 0.258 e. The Morgan fingerprint density at radius 3 is 2.79 bits per heavy atom. The molecule has 1 aromatic carbocycles. The second-order valence-electron chi connectivity index (χ2n) is 3.27. The molecule has 0 amide bonds. The van der Waals surface area contributed by atoms with E-state index in [-0.39, 0.29) is 5.56 Å². The predicted molar refractivity (Wildman–Crippen MR) is 64.6 cm³/mol. The summed E-state index contributed by atoms with van der Waals surface area (Å²) in [5, 5.41) is 0.658. The van der Waals surface area contributed by atoms with Gasteiger partial charge in [0.25, 0.3) is 5.56 Å². The third-order valence-corrected chi connectivity index (χ3v) is 3.27. The molecule has 2 aromatic rings. The van der Waals surface area contributed by atoms with E-state index in [0.29, 0.717) is 11.2 Å². The second kappa shape index (κ2) is 3.34. The summed E-state index contributed by atoms with van der Waals surface area (Å²) in [6, 6.07) is 3.82. The zero-order valence-corrected chi connectivity index (χ0v) is 10.0. The molecule has 3 nitrogen and oxygen atoms in total. The minimum Gasteiger partial charge on any atom is -0.310 e. The standard InChI is InChI=1S/C10H9IN2O/c1-5-3-9-7(4-8(5)11)10(14)13-6(2)12-9/h3-4H,1-2H3,(H,12,13,14). The van der Waals surface area contributed by atoms with Crippen molar-refractivity contribution in [2.75, 3.05) is 0 Å². The number of nitrogens with one attached hydrogen (secondary N) is 1. The number of aromatic amines is 1. The Morgan fingerprint density at radius 1 is 1.36 bits per heavy atom. The van der Waals surface area contributed by atoms with E-state index in [2.05, 4.69) is 32.6 Å². The summed E-state index contributed by atoms with van der Waals surface area (Å²) in [5.74, 6) is 0.656. The fraction of sp³-hybridized carbons (Fsp3) is 0.200.